The molecule has 5 aromatic rings. The van der Waals surface area contributed by atoms with Crippen LogP contribution in [-0.2, 0) is 29.7 Å². The summed E-state index contributed by atoms with van der Waals surface area (Å²) < 4.78 is 98.5. The van der Waals surface area contributed by atoms with Crippen molar-refractivity contribution < 1.29 is 40.3 Å². The number of amides is 2. The van der Waals surface area contributed by atoms with Crippen LogP contribution in [0.25, 0.3) is 0 Å². The van der Waals surface area contributed by atoms with Crippen molar-refractivity contribution in [3.8, 4) is 0 Å². The summed E-state index contributed by atoms with van der Waals surface area (Å²) in [6.45, 7) is 5.31. The van der Waals surface area contributed by atoms with Crippen LogP contribution >= 0.6 is 7.26 Å². The van der Waals surface area contributed by atoms with E-state index in [1.807, 2.05) is 54.6 Å². The van der Waals surface area contributed by atoms with Gasteiger partial charge in [0.05, 0.1) is 47.4 Å². The zero-order valence-corrected chi connectivity index (χ0v) is 31.3. The van der Waals surface area contributed by atoms with E-state index in [0.717, 1.165) is 40.4 Å². The first-order valence-electron chi connectivity index (χ1n) is 17.5. The van der Waals surface area contributed by atoms with Gasteiger partial charge in [-0.25, -0.2) is 4.39 Å². The first-order chi connectivity index (χ1) is 25.8. The zero-order chi connectivity index (χ0) is 40.0. The maximum atomic E-state index is 14.4. The Morgan fingerprint density at radius 3 is 1.55 bits per heavy atom. The highest BCUT2D eigenvalue weighted by Gasteiger charge is 2.47. The number of nitrogens with one attached hydrogen (secondary N) is 2. The number of carbonyl (C=O) groups excluding carboxylic acids is 2. The molecule has 0 aliphatic carbocycles. The highest BCUT2D eigenvalue weighted by atomic mass is 31.2. The lowest BCUT2D eigenvalue weighted by atomic mass is 9.85. The van der Waals surface area contributed by atoms with Gasteiger partial charge in [-0.2, -0.15) is 26.3 Å². The lowest BCUT2D eigenvalue weighted by Crippen LogP contribution is -2.56. The molecule has 0 radical (unpaired) electrons. The molecule has 4 nitrogen and oxygen atoms in total. The molecule has 0 bridgehead atoms. The van der Waals surface area contributed by atoms with E-state index in [-0.39, 0.29) is 35.9 Å². The van der Waals surface area contributed by atoms with Gasteiger partial charge >= 0.3 is 12.4 Å². The van der Waals surface area contributed by atoms with Crippen LogP contribution in [0.15, 0.2) is 133 Å². The number of alkyl halides is 6. The number of carbonyl (C=O) groups is 2. The molecule has 2 N–H and O–H groups in total. The lowest BCUT2D eigenvalue weighted by molar-refractivity contribution is -0.143. The van der Waals surface area contributed by atoms with Gasteiger partial charge in [0, 0.05) is 5.56 Å². The Morgan fingerprint density at radius 2 is 1.09 bits per heavy atom. The van der Waals surface area contributed by atoms with Crippen LogP contribution in [0.5, 0.6) is 0 Å². The van der Waals surface area contributed by atoms with Gasteiger partial charge in [-0.05, 0) is 89.7 Å². The van der Waals surface area contributed by atoms with E-state index in [1.54, 1.807) is 57.2 Å². The van der Waals surface area contributed by atoms with Crippen molar-refractivity contribution in [1.29, 1.82) is 0 Å². The Hall–Kier alpha value is -5.02. The Balaban J connectivity index is 1.65. The maximum Gasteiger partial charge on any atom is 0.416 e. The second-order valence-corrected chi connectivity index (χ2v) is 18.2. The molecular formula is C43H41F7N2O2P+. The summed E-state index contributed by atoms with van der Waals surface area (Å²) in [4.78, 5) is 27.7. The first kappa shape index (κ1) is 41.1. The van der Waals surface area contributed by atoms with Gasteiger partial charge in [0.1, 0.15) is 11.9 Å². The second kappa shape index (κ2) is 16.8. The largest absolute Gasteiger partial charge is 0.416 e. The molecule has 0 saturated heterocycles. The predicted molar refractivity (Wildman–Crippen MR) is 203 cm³/mol. The quantitative estimate of drug-likeness (QED) is 0.0979. The van der Waals surface area contributed by atoms with Crippen LogP contribution in [0.3, 0.4) is 0 Å². The zero-order valence-electron chi connectivity index (χ0n) is 30.4. The molecule has 0 aliphatic rings. The molecule has 55 heavy (non-hydrogen) atoms. The van der Waals surface area contributed by atoms with Crippen LogP contribution in [0.1, 0.15) is 53.4 Å². The summed E-state index contributed by atoms with van der Waals surface area (Å²) in [6.07, 6.45) is -9.87. The van der Waals surface area contributed by atoms with Gasteiger partial charge in [-0.1, -0.05) is 87.5 Å². The first-order valence-corrected chi connectivity index (χ1v) is 19.7. The van der Waals surface area contributed by atoms with Gasteiger partial charge in [0.25, 0.3) is 5.91 Å². The van der Waals surface area contributed by atoms with Crippen molar-refractivity contribution in [2.75, 3.05) is 6.16 Å². The molecule has 5 rings (SSSR count). The third kappa shape index (κ3) is 10.6. The third-order valence-electron chi connectivity index (χ3n) is 9.31. The maximum absolute atomic E-state index is 14.4. The molecule has 0 heterocycles. The predicted octanol–water partition coefficient (Wildman–Crippen LogP) is 9.60. The Labute approximate surface area is 316 Å². The highest BCUT2D eigenvalue weighted by Crippen LogP contribution is 2.60. The highest BCUT2D eigenvalue weighted by molar-refractivity contribution is 7.88. The average Bonchev–Trinajstić information content (AvgIpc) is 3.13. The van der Waals surface area contributed by atoms with Crippen molar-refractivity contribution in [1.82, 2.24) is 10.6 Å². The molecule has 0 aliphatic heterocycles. The molecule has 0 aromatic heterocycles. The molecule has 288 valence electrons. The van der Waals surface area contributed by atoms with Crippen LogP contribution in [0.2, 0.25) is 0 Å². The molecule has 2 atom stereocenters. The van der Waals surface area contributed by atoms with Gasteiger partial charge < -0.3 is 10.6 Å². The Bertz CT molecular complexity index is 1980. The number of benzene rings is 5. The van der Waals surface area contributed by atoms with E-state index in [0.29, 0.717) is 0 Å². The number of rotatable bonds is 12. The average molecular weight is 782 g/mol. The van der Waals surface area contributed by atoms with Gasteiger partial charge in [-0.15, -0.1) is 0 Å². The fraction of sp³-hybridized carbons (Fsp3) is 0.256. The molecule has 5 aromatic carbocycles. The van der Waals surface area contributed by atoms with Crippen LogP contribution in [0.4, 0.5) is 30.7 Å². The topological polar surface area (TPSA) is 58.2 Å². The number of hydrogen-bond acceptors (Lipinski definition) is 2. The van der Waals surface area contributed by atoms with E-state index in [9.17, 15) is 40.3 Å². The molecule has 0 fully saturated rings. The van der Waals surface area contributed by atoms with Crippen LogP contribution in [-0.4, -0.2) is 30.1 Å². The van der Waals surface area contributed by atoms with Crippen molar-refractivity contribution in [3.63, 3.8) is 0 Å². The summed E-state index contributed by atoms with van der Waals surface area (Å²) in [6, 6.07) is 31.9. The van der Waals surface area contributed by atoms with Gasteiger partial charge in [0.15, 0.2) is 0 Å². The summed E-state index contributed by atoms with van der Waals surface area (Å²) in [5, 5.41) is 7.37. The SMILES string of the molecule is CC(C)(C)[C@H](NC(=O)c1ccc(F)cc1)C(=O)N[C@@H](Cc1ccccc1)C[P+](Cc1cc(C(F)(F)F)cc(C(F)(F)F)c1)(c1ccccc1)c1ccccc1. The standard InChI is InChI=1S/C43H40F7N2O2P/c1-41(2,3)38(52-39(53)31-19-21-34(44)22-20-31)40(54)51-35(25-29-13-7-4-8-14-29)28-55(36-15-9-5-10-16-36,37-17-11-6-12-18-37)27-30-23-32(42(45,46)47)26-33(24-30)43(48,49)50/h4-24,26,35,38H,25,27-28H2,1-3H3,(H-,51,52,53,54)/p+1/t35-,38+/m0/s1. The molecular weight excluding hydrogens is 740 g/mol. The Morgan fingerprint density at radius 1 is 0.618 bits per heavy atom. The normalized spacial score (nSPS) is 13.5. The molecule has 0 unspecified atom stereocenters. The molecule has 12 heteroatoms. The minimum atomic E-state index is -5.04. The van der Waals surface area contributed by atoms with E-state index in [2.05, 4.69) is 10.6 Å². The monoisotopic (exact) mass is 781 g/mol. The third-order valence-corrected chi connectivity index (χ3v) is 13.9. The van der Waals surface area contributed by atoms with Crippen molar-refractivity contribution >= 4 is 29.7 Å². The lowest BCUT2D eigenvalue weighted by Gasteiger charge is -2.35. The Kier molecular flexibility index (Phi) is 12.6. The fourth-order valence-corrected chi connectivity index (χ4v) is 11.1. The summed E-state index contributed by atoms with van der Waals surface area (Å²) in [5.74, 6) is -1.68. The van der Waals surface area contributed by atoms with Crippen molar-refractivity contribution in [3.05, 3.63) is 167 Å². The molecule has 2 amide bonds. The molecule has 0 spiro atoms. The van der Waals surface area contributed by atoms with E-state index in [4.69, 9.17) is 0 Å². The van der Waals surface area contributed by atoms with Gasteiger partial charge in [0.2, 0.25) is 5.91 Å². The smallest absolute Gasteiger partial charge is 0.348 e. The van der Waals surface area contributed by atoms with E-state index >= 15 is 0 Å². The minimum Gasteiger partial charge on any atom is -0.348 e. The minimum absolute atomic E-state index is 0.125. The number of hydrogen-bond donors (Lipinski definition) is 2. The van der Waals surface area contributed by atoms with E-state index < -0.39 is 65.9 Å². The second-order valence-electron chi connectivity index (χ2n) is 14.6. The summed E-state index contributed by atoms with van der Waals surface area (Å²) >= 11 is 0. The van der Waals surface area contributed by atoms with Gasteiger partial charge in [-0.3, -0.25) is 9.59 Å². The summed E-state index contributed by atoms with van der Waals surface area (Å²) in [5.41, 5.74) is -2.82. The van der Waals surface area contributed by atoms with Crippen molar-refractivity contribution in [2.24, 2.45) is 5.41 Å². The van der Waals surface area contributed by atoms with Crippen molar-refractivity contribution in [2.45, 2.75) is 57.8 Å². The van der Waals surface area contributed by atoms with Crippen LogP contribution in [0, 0.1) is 11.2 Å². The molecule has 0 saturated carbocycles. The van der Waals surface area contributed by atoms with E-state index in [1.165, 1.54) is 12.1 Å². The fourth-order valence-electron chi connectivity index (χ4n) is 6.67. The number of halogens is 7. The summed E-state index contributed by atoms with van der Waals surface area (Å²) in [7, 11) is -3.04. The van der Waals surface area contributed by atoms with Crippen LogP contribution < -0.4 is 21.2 Å².